The summed E-state index contributed by atoms with van der Waals surface area (Å²) >= 11 is 10.7. The van der Waals surface area contributed by atoms with Gasteiger partial charge in [-0.1, -0.05) is 35.4 Å². The molecule has 0 radical (unpaired) electrons. The van der Waals surface area contributed by atoms with E-state index >= 15 is 0 Å². The zero-order valence-electron chi connectivity index (χ0n) is 8.29. The first-order valence-corrected chi connectivity index (χ1v) is 5.20. The molecule has 15 heavy (non-hydrogen) atoms. The van der Waals surface area contributed by atoms with Crippen molar-refractivity contribution in [2.45, 2.75) is 11.3 Å². The highest BCUT2D eigenvalue weighted by atomic mass is 35.5. The molecule has 0 fully saturated rings. The molecule has 0 aromatic rings. The smallest absolute Gasteiger partial charge is 0.230 e. The number of carbonyl (C=O) groups is 2. The van der Waals surface area contributed by atoms with Gasteiger partial charge in [0, 0.05) is 13.1 Å². The summed E-state index contributed by atoms with van der Waals surface area (Å²) in [7, 11) is 0. The first-order valence-electron chi connectivity index (χ1n) is 4.33. The number of nitrogens with zero attached hydrogens (tertiary/aromatic N) is 1. The van der Waals surface area contributed by atoms with Crippen molar-refractivity contribution in [2.75, 3.05) is 13.1 Å². The van der Waals surface area contributed by atoms with E-state index in [-0.39, 0.29) is 12.3 Å². The fourth-order valence-corrected chi connectivity index (χ4v) is 1.08. The monoisotopic (exact) mass is 249 g/mol. The Hall–Kier alpha value is -0.800. The van der Waals surface area contributed by atoms with Gasteiger partial charge in [-0.05, 0) is 0 Å². The molecule has 1 amide bonds. The second kappa shape index (κ2) is 7.49. The van der Waals surface area contributed by atoms with Crippen molar-refractivity contribution in [2.24, 2.45) is 0 Å². The van der Waals surface area contributed by atoms with E-state index in [1.807, 2.05) is 0 Å². The van der Waals surface area contributed by atoms with Gasteiger partial charge in [-0.15, -0.1) is 13.2 Å². The Balaban J connectivity index is 4.30. The molecule has 0 aliphatic carbocycles. The number of hydrogen-bond acceptors (Lipinski definition) is 2. The molecule has 0 aliphatic rings. The minimum absolute atomic E-state index is 0.292. The Morgan fingerprint density at radius 3 is 2.00 bits per heavy atom. The summed E-state index contributed by atoms with van der Waals surface area (Å²) < 4.78 is 0. The highest BCUT2D eigenvalue weighted by Gasteiger charge is 2.19. The van der Waals surface area contributed by atoms with Crippen LogP contribution in [0.5, 0.6) is 0 Å². The predicted molar refractivity (Wildman–Crippen MR) is 62.1 cm³/mol. The van der Waals surface area contributed by atoms with E-state index in [0.29, 0.717) is 13.1 Å². The second-order valence-corrected chi connectivity index (χ2v) is 3.92. The average Bonchev–Trinajstić information content (AvgIpc) is 2.17. The number of halogens is 2. The Labute approximate surface area is 99.3 Å². The van der Waals surface area contributed by atoms with Crippen LogP contribution in [-0.4, -0.2) is 34.5 Å². The molecule has 0 atom stereocenters. The van der Waals surface area contributed by atoms with Gasteiger partial charge in [0.2, 0.25) is 5.91 Å². The van der Waals surface area contributed by atoms with Gasteiger partial charge in [0.1, 0.15) is 0 Å². The van der Waals surface area contributed by atoms with Gasteiger partial charge in [0.15, 0.2) is 10.6 Å². The summed E-state index contributed by atoms with van der Waals surface area (Å²) in [6, 6.07) is 0. The van der Waals surface area contributed by atoms with E-state index in [0.717, 1.165) is 0 Å². The highest BCUT2D eigenvalue weighted by molar-refractivity contribution is 6.54. The topological polar surface area (TPSA) is 37.4 Å². The lowest BCUT2D eigenvalue weighted by Crippen LogP contribution is -2.33. The van der Waals surface area contributed by atoms with Crippen LogP contribution in [-0.2, 0) is 9.59 Å². The molecular formula is C10H13Cl2NO2. The van der Waals surface area contributed by atoms with E-state index in [4.69, 9.17) is 23.2 Å². The third kappa shape index (κ3) is 5.60. The molecule has 0 saturated carbocycles. The number of alkyl halides is 2. The zero-order chi connectivity index (χ0) is 11.8. The molecule has 0 aliphatic heterocycles. The summed E-state index contributed by atoms with van der Waals surface area (Å²) in [4.78, 5) is 22.9. The molecule has 0 saturated heterocycles. The lowest BCUT2D eigenvalue weighted by molar-refractivity contribution is -0.134. The quantitative estimate of drug-likeness (QED) is 0.393. The zero-order valence-corrected chi connectivity index (χ0v) is 9.80. The molecule has 5 heteroatoms. The molecule has 3 nitrogen and oxygen atoms in total. The van der Waals surface area contributed by atoms with Crippen LogP contribution in [0.4, 0.5) is 0 Å². The molecule has 0 aromatic heterocycles. The van der Waals surface area contributed by atoms with Crippen LogP contribution in [0, 0.1) is 0 Å². The standard InChI is InChI=1S/C10H13Cl2NO2/c1-3-5-13(6-4-2)9(15)7-8(14)10(11)12/h3-4,10H,1-2,5-7H2. The van der Waals surface area contributed by atoms with Gasteiger partial charge >= 0.3 is 0 Å². The van der Waals surface area contributed by atoms with E-state index in [9.17, 15) is 9.59 Å². The van der Waals surface area contributed by atoms with Crippen molar-refractivity contribution in [1.29, 1.82) is 0 Å². The summed E-state index contributed by atoms with van der Waals surface area (Å²) in [5.41, 5.74) is 0. The predicted octanol–water partition coefficient (Wildman–Crippen LogP) is 1.95. The van der Waals surface area contributed by atoms with Crippen molar-refractivity contribution < 1.29 is 9.59 Å². The maximum Gasteiger partial charge on any atom is 0.230 e. The lowest BCUT2D eigenvalue weighted by Gasteiger charge is -2.18. The second-order valence-electron chi connectivity index (χ2n) is 2.82. The maximum absolute atomic E-state index is 11.5. The lowest BCUT2D eigenvalue weighted by atomic mass is 10.2. The molecule has 0 rings (SSSR count). The first-order chi connectivity index (χ1) is 7.02. The summed E-state index contributed by atoms with van der Waals surface area (Å²) in [6.07, 6.45) is 2.86. The molecular weight excluding hydrogens is 237 g/mol. The van der Waals surface area contributed by atoms with Crippen LogP contribution in [0.3, 0.4) is 0 Å². The molecule has 0 heterocycles. The largest absolute Gasteiger partial charge is 0.335 e. The van der Waals surface area contributed by atoms with E-state index in [1.165, 1.54) is 4.90 Å². The minimum Gasteiger partial charge on any atom is -0.335 e. The number of rotatable bonds is 7. The van der Waals surface area contributed by atoms with Crippen LogP contribution >= 0.6 is 23.2 Å². The number of carbonyl (C=O) groups excluding carboxylic acids is 2. The minimum atomic E-state index is -1.15. The van der Waals surface area contributed by atoms with Crippen molar-refractivity contribution in [1.82, 2.24) is 4.90 Å². The SMILES string of the molecule is C=CCN(CC=C)C(=O)CC(=O)C(Cl)Cl. The maximum atomic E-state index is 11.5. The third-order valence-corrected chi connectivity index (χ3v) is 2.11. The normalized spacial score (nSPS) is 9.80. The van der Waals surface area contributed by atoms with Crippen LogP contribution in [0.25, 0.3) is 0 Å². The fraction of sp³-hybridized carbons (Fsp3) is 0.400. The Morgan fingerprint density at radius 1 is 1.20 bits per heavy atom. The number of ketones is 1. The van der Waals surface area contributed by atoms with E-state index in [2.05, 4.69) is 13.2 Å². The molecule has 0 N–H and O–H groups in total. The number of amides is 1. The summed E-state index contributed by atoms with van der Waals surface area (Å²) in [5.74, 6) is -0.826. The number of hydrogen-bond donors (Lipinski definition) is 0. The fourth-order valence-electron chi connectivity index (χ4n) is 0.928. The third-order valence-electron chi connectivity index (χ3n) is 1.62. The van der Waals surface area contributed by atoms with Gasteiger partial charge in [-0.25, -0.2) is 0 Å². The number of Topliss-reactive ketones (excluding diaryl/α,β-unsaturated/α-hetero) is 1. The molecule has 0 aromatic carbocycles. The Bertz CT molecular complexity index is 254. The Kier molecular flexibility index (Phi) is 7.09. The van der Waals surface area contributed by atoms with Gasteiger partial charge in [-0.3, -0.25) is 9.59 Å². The van der Waals surface area contributed by atoms with E-state index in [1.54, 1.807) is 12.2 Å². The average molecular weight is 250 g/mol. The highest BCUT2D eigenvalue weighted by Crippen LogP contribution is 2.07. The summed E-state index contributed by atoms with van der Waals surface area (Å²) in [6.45, 7) is 7.77. The van der Waals surface area contributed by atoms with Crippen molar-refractivity contribution >= 4 is 34.9 Å². The van der Waals surface area contributed by atoms with Gasteiger partial charge < -0.3 is 4.90 Å². The van der Waals surface area contributed by atoms with Crippen LogP contribution < -0.4 is 0 Å². The van der Waals surface area contributed by atoms with Crippen molar-refractivity contribution in [3.8, 4) is 0 Å². The molecule has 0 unspecified atom stereocenters. The Morgan fingerprint density at radius 2 is 1.67 bits per heavy atom. The van der Waals surface area contributed by atoms with Crippen molar-refractivity contribution in [3.63, 3.8) is 0 Å². The van der Waals surface area contributed by atoms with Crippen LogP contribution in [0.2, 0.25) is 0 Å². The summed E-state index contributed by atoms with van der Waals surface area (Å²) in [5, 5.41) is 0. The van der Waals surface area contributed by atoms with Crippen LogP contribution in [0.15, 0.2) is 25.3 Å². The van der Waals surface area contributed by atoms with Crippen molar-refractivity contribution in [3.05, 3.63) is 25.3 Å². The molecule has 84 valence electrons. The first kappa shape index (κ1) is 14.2. The van der Waals surface area contributed by atoms with Gasteiger partial charge in [0.05, 0.1) is 6.42 Å². The van der Waals surface area contributed by atoms with Gasteiger partial charge in [0.25, 0.3) is 0 Å². The molecule has 0 bridgehead atoms. The van der Waals surface area contributed by atoms with Crippen LogP contribution in [0.1, 0.15) is 6.42 Å². The molecule has 0 spiro atoms. The van der Waals surface area contributed by atoms with Gasteiger partial charge in [-0.2, -0.15) is 0 Å². The van der Waals surface area contributed by atoms with E-state index < -0.39 is 10.6 Å².